The first kappa shape index (κ1) is 24.8. The number of thioether (sulfide) groups is 1. The number of aromatic nitrogens is 3. The molecule has 0 atom stereocenters. The summed E-state index contributed by atoms with van der Waals surface area (Å²) in [5, 5.41) is 11.6. The van der Waals surface area contributed by atoms with Gasteiger partial charge in [0.1, 0.15) is 18.2 Å². The van der Waals surface area contributed by atoms with Gasteiger partial charge in [-0.1, -0.05) is 62.3 Å². The second-order valence-electron chi connectivity index (χ2n) is 8.33. The van der Waals surface area contributed by atoms with Gasteiger partial charge in [-0.2, -0.15) is 0 Å². The van der Waals surface area contributed by atoms with Crippen molar-refractivity contribution in [2.45, 2.75) is 44.5 Å². The molecule has 0 bridgehead atoms. The lowest BCUT2D eigenvalue weighted by Crippen LogP contribution is -2.15. The Labute approximate surface area is 202 Å². The zero-order valence-electron chi connectivity index (χ0n) is 18.8. The molecule has 0 fully saturated rings. The SMILES string of the molecule is C=CCn1c(COc2ccc(C(C)(C)C)cc2)nnc1SCC(=O)Nc1ccc(F)c(Cl)c1. The van der Waals surface area contributed by atoms with Crippen LogP contribution in [0.1, 0.15) is 32.2 Å². The lowest BCUT2D eigenvalue weighted by molar-refractivity contribution is -0.113. The van der Waals surface area contributed by atoms with Gasteiger partial charge in [0.05, 0.1) is 10.8 Å². The molecule has 0 saturated carbocycles. The summed E-state index contributed by atoms with van der Waals surface area (Å²) in [5.41, 5.74) is 1.72. The van der Waals surface area contributed by atoms with Crippen LogP contribution in [0.15, 0.2) is 60.3 Å². The normalized spacial score (nSPS) is 11.3. The van der Waals surface area contributed by atoms with Crippen molar-refractivity contribution in [3.05, 3.63) is 77.3 Å². The van der Waals surface area contributed by atoms with Crippen LogP contribution in [0.2, 0.25) is 5.02 Å². The molecule has 3 rings (SSSR count). The highest BCUT2D eigenvalue weighted by atomic mass is 35.5. The second kappa shape index (κ2) is 10.9. The second-order valence-corrected chi connectivity index (χ2v) is 9.68. The van der Waals surface area contributed by atoms with Crippen molar-refractivity contribution in [3.8, 4) is 5.75 Å². The van der Waals surface area contributed by atoms with E-state index in [0.717, 1.165) is 5.75 Å². The van der Waals surface area contributed by atoms with E-state index in [1.54, 1.807) is 6.08 Å². The van der Waals surface area contributed by atoms with E-state index in [0.29, 0.717) is 23.2 Å². The van der Waals surface area contributed by atoms with Gasteiger partial charge in [-0.05, 0) is 41.3 Å². The van der Waals surface area contributed by atoms with Crippen LogP contribution in [0.4, 0.5) is 10.1 Å². The summed E-state index contributed by atoms with van der Waals surface area (Å²) in [6, 6.07) is 12.0. The van der Waals surface area contributed by atoms with Gasteiger partial charge in [0.2, 0.25) is 5.91 Å². The van der Waals surface area contributed by atoms with Crippen molar-refractivity contribution in [1.29, 1.82) is 0 Å². The number of hydrogen-bond acceptors (Lipinski definition) is 5. The zero-order valence-corrected chi connectivity index (χ0v) is 20.3. The Hall–Kier alpha value is -2.84. The predicted octanol–water partition coefficient (Wildman–Crippen LogP) is 5.86. The Morgan fingerprint density at radius 3 is 2.61 bits per heavy atom. The van der Waals surface area contributed by atoms with Crippen molar-refractivity contribution in [1.82, 2.24) is 14.8 Å². The highest BCUT2D eigenvalue weighted by Gasteiger charge is 2.16. The van der Waals surface area contributed by atoms with Crippen LogP contribution in [0, 0.1) is 5.82 Å². The van der Waals surface area contributed by atoms with E-state index in [-0.39, 0.29) is 28.7 Å². The maximum atomic E-state index is 13.3. The fraction of sp³-hybridized carbons (Fsp3) is 0.292. The molecule has 1 amide bonds. The molecule has 1 aromatic heterocycles. The van der Waals surface area contributed by atoms with Gasteiger partial charge in [-0.15, -0.1) is 16.8 Å². The minimum Gasteiger partial charge on any atom is -0.486 e. The molecular weight excluding hydrogens is 463 g/mol. The molecule has 33 heavy (non-hydrogen) atoms. The number of rotatable bonds is 9. The van der Waals surface area contributed by atoms with E-state index < -0.39 is 5.82 Å². The number of benzene rings is 2. The molecule has 3 aromatic rings. The molecule has 1 heterocycles. The molecule has 1 N–H and O–H groups in total. The monoisotopic (exact) mass is 488 g/mol. The standard InChI is InChI=1S/C24H26ClFN4O2S/c1-5-12-30-21(14-32-18-9-6-16(7-10-18)24(2,3)4)28-29-23(30)33-15-22(31)27-17-8-11-20(26)19(25)13-17/h5-11,13H,1,12,14-15H2,2-4H3,(H,27,31). The Bertz CT molecular complexity index is 1130. The summed E-state index contributed by atoms with van der Waals surface area (Å²) >= 11 is 6.99. The molecule has 0 saturated heterocycles. The van der Waals surface area contributed by atoms with E-state index >= 15 is 0 Å². The molecule has 0 aliphatic rings. The van der Waals surface area contributed by atoms with Crippen LogP contribution in [-0.4, -0.2) is 26.4 Å². The van der Waals surface area contributed by atoms with Gasteiger partial charge >= 0.3 is 0 Å². The molecule has 0 unspecified atom stereocenters. The molecular formula is C24H26ClFN4O2S. The van der Waals surface area contributed by atoms with Crippen LogP contribution in [0.3, 0.4) is 0 Å². The van der Waals surface area contributed by atoms with Crippen molar-refractivity contribution >= 4 is 35.0 Å². The largest absolute Gasteiger partial charge is 0.486 e. The molecule has 0 spiro atoms. The Morgan fingerprint density at radius 1 is 1.24 bits per heavy atom. The highest BCUT2D eigenvalue weighted by molar-refractivity contribution is 7.99. The van der Waals surface area contributed by atoms with E-state index in [2.05, 4.69) is 55.0 Å². The molecule has 0 radical (unpaired) electrons. The number of nitrogens with zero attached hydrogens (tertiary/aromatic N) is 3. The summed E-state index contributed by atoms with van der Waals surface area (Å²) in [5.74, 6) is 0.652. The first-order valence-electron chi connectivity index (χ1n) is 10.3. The minimum atomic E-state index is -0.540. The third-order valence-corrected chi connectivity index (χ3v) is 5.99. The summed E-state index contributed by atoms with van der Waals surface area (Å²) in [4.78, 5) is 12.3. The minimum absolute atomic E-state index is 0.0520. The maximum absolute atomic E-state index is 13.3. The molecule has 174 valence electrons. The average molecular weight is 489 g/mol. The third kappa shape index (κ3) is 6.82. The van der Waals surface area contributed by atoms with Gasteiger partial charge in [0.25, 0.3) is 0 Å². The Kier molecular flexibility index (Phi) is 8.15. The number of nitrogens with one attached hydrogen (secondary N) is 1. The van der Waals surface area contributed by atoms with Gasteiger partial charge in [0.15, 0.2) is 11.0 Å². The van der Waals surface area contributed by atoms with Crippen LogP contribution < -0.4 is 10.1 Å². The van der Waals surface area contributed by atoms with Crippen molar-refractivity contribution in [3.63, 3.8) is 0 Å². The summed E-state index contributed by atoms with van der Waals surface area (Å²) < 4.78 is 21.0. The summed E-state index contributed by atoms with van der Waals surface area (Å²) in [6.07, 6.45) is 1.73. The quantitative estimate of drug-likeness (QED) is 0.301. The van der Waals surface area contributed by atoms with Crippen LogP contribution in [0.25, 0.3) is 0 Å². The Balaban J connectivity index is 1.60. The first-order chi connectivity index (χ1) is 15.7. The highest BCUT2D eigenvalue weighted by Crippen LogP contribution is 2.25. The molecule has 2 aromatic carbocycles. The van der Waals surface area contributed by atoms with Gasteiger partial charge in [-0.25, -0.2) is 4.39 Å². The molecule has 6 nitrogen and oxygen atoms in total. The number of carbonyl (C=O) groups excluding carboxylic acids is 1. The molecule has 0 aliphatic carbocycles. The van der Waals surface area contributed by atoms with Crippen molar-refractivity contribution < 1.29 is 13.9 Å². The van der Waals surface area contributed by atoms with E-state index in [1.165, 1.54) is 35.5 Å². The predicted molar refractivity (Wildman–Crippen MR) is 130 cm³/mol. The fourth-order valence-electron chi connectivity index (χ4n) is 2.95. The van der Waals surface area contributed by atoms with Crippen LogP contribution in [-0.2, 0) is 23.4 Å². The van der Waals surface area contributed by atoms with E-state index in [4.69, 9.17) is 16.3 Å². The summed E-state index contributed by atoms with van der Waals surface area (Å²) in [6.45, 7) is 11.0. The zero-order chi connectivity index (χ0) is 24.0. The van der Waals surface area contributed by atoms with E-state index in [9.17, 15) is 9.18 Å². The smallest absolute Gasteiger partial charge is 0.234 e. The number of hydrogen-bond donors (Lipinski definition) is 1. The summed E-state index contributed by atoms with van der Waals surface area (Å²) in [7, 11) is 0. The number of ether oxygens (including phenoxy) is 1. The number of carbonyl (C=O) groups is 1. The molecule has 0 aliphatic heterocycles. The maximum Gasteiger partial charge on any atom is 0.234 e. The van der Waals surface area contributed by atoms with E-state index in [1.807, 2.05) is 16.7 Å². The van der Waals surface area contributed by atoms with Gasteiger partial charge in [-0.3, -0.25) is 9.36 Å². The van der Waals surface area contributed by atoms with Gasteiger partial charge in [0, 0.05) is 12.2 Å². The van der Waals surface area contributed by atoms with Crippen molar-refractivity contribution in [2.75, 3.05) is 11.1 Å². The lowest BCUT2D eigenvalue weighted by Gasteiger charge is -2.19. The third-order valence-electron chi connectivity index (χ3n) is 4.73. The number of amides is 1. The number of halogens is 2. The number of anilines is 1. The fourth-order valence-corrected chi connectivity index (χ4v) is 3.89. The number of allylic oxidation sites excluding steroid dienone is 1. The van der Waals surface area contributed by atoms with Crippen molar-refractivity contribution in [2.24, 2.45) is 0 Å². The lowest BCUT2D eigenvalue weighted by atomic mass is 9.87. The van der Waals surface area contributed by atoms with Crippen LogP contribution >= 0.6 is 23.4 Å². The van der Waals surface area contributed by atoms with Gasteiger partial charge < -0.3 is 10.1 Å². The molecule has 9 heteroatoms. The first-order valence-corrected chi connectivity index (χ1v) is 11.7. The Morgan fingerprint density at radius 2 is 1.97 bits per heavy atom. The average Bonchev–Trinajstić information content (AvgIpc) is 3.15. The van der Waals surface area contributed by atoms with Crippen LogP contribution in [0.5, 0.6) is 5.75 Å². The topological polar surface area (TPSA) is 69.0 Å².